The van der Waals surface area contributed by atoms with E-state index in [-0.39, 0.29) is 17.5 Å². The van der Waals surface area contributed by atoms with Crippen LogP contribution in [0.15, 0.2) is 18.2 Å². The molecule has 0 aliphatic rings. The van der Waals surface area contributed by atoms with Crippen molar-refractivity contribution in [3.63, 3.8) is 0 Å². The molecule has 21 heavy (non-hydrogen) atoms. The molecule has 0 bridgehead atoms. The Labute approximate surface area is 125 Å². The molecule has 2 N–H and O–H groups in total. The van der Waals surface area contributed by atoms with Gasteiger partial charge in [0.05, 0.1) is 16.6 Å². The van der Waals surface area contributed by atoms with Gasteiger partial charge in [-0.2, -0.15) is 0 Å². The molecule has 0 radical (unpaired) electrons. The first-order valence-corrected chi connectivity index (χ1v) is 7.16. The molecule has 6 heteroatoms. The Morgan fingerprint density at radius 2 is 2.14 bits per heavy atom. The maximum Gasteiger partial charge on any atom is 0.311 e. The SMILES string of the molecule is CCCC(C)(O)CNc1ccc([N+](=O)[O-])c(OC(C)C)c1. The lowest BCUT2D eigenvalue weighted by atomic mass is 10.0. The summed E-state index contributed by atoms with van der Waals surface area (Å²) in [5.41, 5.74) is -0.183. The van der Waals surface area contributed by atoms with E-state index in [4.69, 9.17) is 4.74 Å². The van der Waals surface area contributed by atoms with Gasteiger partial charge in [0.2, 0.25) is 0 Å². The number of rotatable bonds is 8. The zero-order chi connectivity index (χ0) is 16.0. The third-order valence-corrected chi connectivity index (χ3v) is 2.98. The van der Waals surface area contributed by atoms with Crippen molar-refractivity contribution >= 4 is 11.4 Å². The van der Waals surface area contributed by atoms with Gasteiger partial charge in [-0.25, -0.2) is 0 Å². The Balaban J connectivity index is 2.87. The molecule has 1 rings (SSSR count). The molecule has 118 valence electrons. The topological polar surface area (TPSA) is 84.6 Å². The highest BCUT2D eigenvalue weighted by atomic mass is 16.6. The van der Waals surface area contributed by atoms with Crippen LogP contribution in [-0.4, -0.2) is 28.3 Å². The van der Waals surface area contributed by atoms with E-state index in [0.717, 1.165) is 6.42 Å². The first-order valence-electron chi connectivity index (χ1n) is 7.16. The Morgan fingerprint density at radius 3 is 2.67 bits per heavy atom. The molecular formula is C15H24N2O4. The summed E-state index contributed by atoms with van der Waals surface area (Å²) < 4.78 is 5.48. The lowest BCUT2D eigenvalue weighted by Crippen LogP contribution is -2.33. The molecule has 0 spiro atoms. The van der Waals surface area contributed by atoms with Gasteiger partial charge >= 0.3 is 5.69 Å². The van der Waals surface area contributed by atoms with Crippen LogP contribution in [0, 0.1) is 10.1 Å². The number of nitrogens with one attached hydrogen (secondary N) is 1. The lowest BCUT2D eigenvalue weighted by molar-refractivity contribution is -0.386. The fourth-order valence-corrected chi connectivity index (χ4v) is 2.04. The molecule has 1 aromatic rings. The zero-order valence-electron chi connectivity index (χ0n) is 13.0. The van der Waals surface area contributed by atoms with Crippen LogP contribution in [0.25, 0.3) is 0 Å². The van der Waals surface area contributed by atoms with Crippen molar-refractivity contribution in [2.24, 2.45) is 0 Å². The largest absolute Gasteiger partial charge is 0.484 e. The monoisotopic (exact) mass is 296 g/mol. The maximum absolute atomic E-state index is 11.0. The van der Waals surface area contributed by atoms with Crippen LogP contribution in [0.2, 0.25) is 0 Å². The number of nitro groups is 1. The minimum Gasteiger partial charge on any atom is -0.484 e. The molecule has 1 atom stereocenters. The van der Waals surface area contributed by atoms with E-state index in [1.807, 2.05) is 20.8 Å². The number of hydrogen-bond acceptors (Lipinski definition) is 5. The van der Waals surface area contributed by atoms with Crippen LogP contribution in [0.5, 0.6) is 5.75 Å². The second-order valence-electron chi connectivity index (χ2n) is 5.71. The number of anilines is 1. The molecular weight excluding hydrogens is 272 g/mol. The van der Waals surface area contributed by atoms with E-state index in [2.05, 4.69) is 5.32 Å². The van der Waals surface area contributed by atoms with Gasteiger partial charge in [0.1, 0.15) is 0 Å². The van der Waals surface area contributed by atoms with Crippen LogP contribution in [0.1, 0.15) is 40.5 Å². The average Bonchev–Trinajstić information content (AvgIpc) is 2.35. The second-order valence-corrected chi connectivity index (χ2v) is 5.71. The Bertz CT molecular complexity index is 487. The van der Waals surface area contributed by atoms with Crippen molar-refractivity contribution in [3.8, 4) is 5.75 Å². The van der Waals surface area contributed by atoms with Crippen molar-refractivity contribution in [3.05, 3.63) is 28.3 Å². The van der Waals surface area contributed by atoms with Gasteiger partial charge in [-0.1, -0.05) is 13.3 Å². The normalized spacial score (nSPS) is 13.8. The summed E-state index contributed by atoms with van der Waals surface area (Å²) in [6.45, 7) is 7.78. The van der Waals surface area contributed by atoms with Crippen molar-refractivity contribution < 1.29 is 14.8 Å². The third kappa shape index (κ3) is 5.59. The van der Waals surface area contributed by atoms with Crippen LogP contribution in [0.4, 0.5) is 11.4 Å². The smallest absolute Gasteiger partial charge is 0.311 e. The van der Waals surface area contributed by atoms with Gasteiger partial charge in [-0.15, -0.1) is 0 Å². The van der Waals surface area contributed by atoms with Crippen molar-refractivity contribution in [1.29, 1.82) is 0 Å². The van der Waals surface area contributed by atoms with Crippen LogP contribution in [-0.2, 0) is 0 Å². The van der Waals surface area contributed by atoms with E-state index in [1.165, 1.54) is 6.07 Å². The summed E-state index contributed by atoms with van der Waals surface area (Å²) in [6.07, 6.45) is 1.42. The predicted octanol–water partition coefficient (Wildman–Crippen LogP) is 3.35. The molecule has 1 aromatic carbocycles. The number of nitro benzene ring substituents is 1. The maximum atomic E-state index is 11.0. The molecule has 1 unspecified atom stereocenters. The fraction of sp³-hybridized carbons (Fsp3) is 0.600. The molecule has 0 saturated carbocycles. The van der Waals surface area contributed by atoms with E-state index < -0.39 is 10.5 Å². The minimum absolute atomic E-state index is 0.0606. The van der Waals surface area contributed by atoms with Gasteiger partial charge < -0.3 is 15.2 Å². The van der Waals surface area contributed by atoms with Crippen LogP contribution in [0.3, 0.4) is 0 Å². The molecule has 0 aliphatic heterocycles. The standard InChI is InChI=1S/C15H24N2O4/c1-5-8-15(4,18)10-16-12-6-7-13(17(19)20)14(9-12)21-11(2)3/h6-7,9,11,16,18H,5,8,10H2,1-4H3. The van der Waals surface area contributed by atoms with E-state index in [9.17, 15) is 15.2 Å². The average molecular weight is 296 g/mol. The summed E-state index contributed by atoms with van der Waals surface area (Å²) in [5, 5.41) is 24.2. The van der Waals surface area contributed by atoms with Crippen LogP contribution >= 0.6 is 0 Å². The van der Waals surface area contributed by atoms with E-state index in [0.29, 0.717) is 18.7 Å². The summed E-state index contributed by atoms with van der Waals surface area (Å²) in [6, 6.07) is 4.63. The van der Waals surface area contributed by atoms with Crippen molar-refractivity contribution in [2.45, 2.75) is 52.2 Å². The summed E-state index contributed by atoms with van der Waals surface area (Å²) >= 11 is 0. The molecule has 6 nitrogen and oxygen atoms in total. The first-order chi connectivity index (χ1) is 9.75. The summed E-state index contributed by atoms with van der Waals surface area (Å²) in [4.78, 5) is 10.5. The highest BCUT2D eigenvalue weighted by molar-refractivity contribution is 5.58. The molecule has 0 saturated heterocycles. The van der Waals surface area contributed by atoms with Gasteiger partial charge in [0.15, 0.2) is 5.75 Å². The van der Waals surface area contributed by atoms with E-state index >= 15 is 0 Å². The number of benzene rings is 1. The predicted molar refractivity (Wildman–Crippen MR) is 82.9 cm³/mol. The zero-order valence-corrected chi connectivity index (χ0v) is 13.0. The van der Waals surface area contributed by atoms with Gasteiger partial charge in [-0.05, 0) is 33.3 Å². The van der Waals surface area contributed by atoms with Gasteiger partial charge in [0.25, 0.3) is 0 Å². The number of aliphatic hydroxyl groups is 1. The van der Waals surface area contributed by atoms with Crippen LogP contribution < -0.4 is 10.1 Å². The molecule has 0 amide bonds. The molecule has 0 heterocycles. The van der Waals surface area contributed by atoms with Gasteiger partial charge in [0, 0.05) is 24.4 Å². The fourth-order valence-electron chi connectivity index (χ4n) is 2.04. The Kier molecular flexibility index (Phi) is 5.96. The Hall–Kier alpha value is -1.82. The minimum atomic E-state index is -0.810. The second kappa shape index (κ2) is 7.26. The quantitative estimate of drug-likeness (QED) is 0.567. The Morgan fingerprint density at radius 1 is 1.48 bits per heavy atom. The molecule has 0 aliphatic carbocycles. The van der Waals surface area contributed by atoms with Crippen molar-refractivity contribution in [2.75, 3.05) is 11.9 Å². The molecule has 0 aromatic heterocycles. The van der Waals surface area contributed by atoms with E-state index in [1.54, 1.807) is 19.1 Å². The first kappa shape index (κ1) is 17.2. The highest BCUT2D eigenvalue weighted by Gasteiger charge is 2.20. The lowest BCUT2D eigenvalue weighted by Gasteiger charge is -2.23. The number of nitrogens with zero attached hydrogens (tertiary/aromatic N) is 1. The summed E-state index contributed by atoms with van der Waals surface area (Å²) in [7, 11) is 0. The van der Waals surface area contributed by atoms with Gasteiger partial charge in [-0.3, -0.25) is 10.1 Å². The number of hydrogen-bond donors (Lipinski definition) is 2. The number of ether oxygens (including phenoxy) is 1. The highest BCUT2D eigenvalue weighted by Crippen LogP contribution is 2.31. The third-order valence-electron chi connectivity index (χ3n) is 2.98. The molecule has 0 fully saturated rings. The van der Waals surface area contributed by atoms with Crippen molar-refractivity contribution in [1.82, 2.24) is 0 Å². The summed E-state index contributed by atoms with van der Waals surface area (Å²) in [5.74, 6) is 0.232.